The van der Waals surface area contributed by atoms with Gasteiger partial charge in [-0.3, -0.25) is 4.90 Å². The minimum absolute atomic E-state index is 0.792. The number of hydrogen-bond donors (Lipinski definition) is 2. The molecule has 1 aliphatic heterocycles. The monoisotopic (exact) mass is 182 g/mol. The van der Waals surface area contributed by atoms with Gasteiger partial charge in [-0.25, -0.2) is 0 Å². The maximum Gasteiger partial charge on any atom is 0.0905 e. The van der Waals surface area contributed by atoms with Gasteiger partial charge in [-0.05, 0) is 0 Å². The molecule has 0 unspecified atom stereocenters. The smallest absolute Gasteiger partial charge is 0.0905 e. The number of allylic oxidation sites excluding steroid dienone is 1. The van der Waals surface area contributed by atoms with Crippen LogP contribution in [-0.2, 0) is 0 Å². The third-order valence-electron chi connectivity index (χ3n) is 1.75. The molecule has 1 rings (SSSR count). The molecule has 13 heavy (non-hydrogen) atoms. The molecule has 1 aliphatic rings. The average molecular weight is 182 g/mol. The number of rotatable bonds is 2. The van der Waals surface area contributed by atoms with Gasteiger partial charge >= 0.3 is 0 Å². The Bertz CT molecular complexity index is 153. The highest BCUT2D eigenvalue weighted by Crippen LogP contribution is 1.88. The van der Waals surface area contributed by atoms with Gasteiger partial charge in [0.1, 0.15) is 0 Å². The minimum atomic E-state index is 0.792. The third kappa shape index (κ3) is 7.47. The van der Waals surface area contributed by atoms with E-state index >= 15 is 0 Å². The van der Waals surface area contributed by atoms with E-state index in [1.54, 1.807) is 6.07 Å². The summed E-state index contributed by atoms with van der Waals surface area (Å²) in [5.41, 5.74) is 5.40. The first kappa shape index (κ1) is 12.1. The number of hydrogen-bond acceptors (Lipinski definition) is 4. The summed E-state index contributed by atoms with van der Waals surface area (Å²) in [5, 5.41) is 10.8. The van der Waals surface area contributed by atoms with E-state index in [0.29, 0.717) is 0 Å². The molecule has 1 fully saturated rings. The van der Waals surface area contributed by atoms with Gasteiger partial charge < -0.3 is 11.1 Å². The van der Waals surface area contributed by atoms with E-state index in [-0.39, 0.29) is 0 Å². The van der Waals surface area contributed by atoms with Crippen molar-refractivity contribution in [2.45, 2.75) is 0 Å². The summed E-state index contributed by atoms with van der Waals surface area (Å²) in [6.45, 7) is 9.54. The van der Waals surface area contributed by atoms with E-state index in [1.165, 1.54) is 6.08 Å². The van der Waals surface area contributed by atoms with E-state index in [9.17, 15) is 0 Å². The molecule has 0 radical (unpaired) electrons. The molecule has 1 saturated heterocycles. The predicted molar refractivity (Wildman–Crippen MR) is 54.2 cm³/mol. The van der Waals surface area contributed by atoms with E-state index in [2.05, 4.69) is 16.8 Å². The summed E-state index contributed by atoms with van der Waals surface area (Å²) in [4.78, 5) is 2.39. The second-order valence-corrected chi connectivity index (χ2v) is 2.71. The maximum atomic E-state index is 7.51. The fourth-order valence-electron chi connectivity index (χ4n) is 1.12. The molecule has 3 N–H and O–H groups in total. The van der Waals surface area contributed by atoms with Gasteiger partial charge in [0.25, 0.3) is 0 Å². The zero-order valence-corrected chi connectivity index (χ0v) is 8.00. The number of piperazine rings is 1. The molecule has 74 valence electrons. The molecule has 4 nitrogen and oxygen atoms in total. The fourth-order valence-corrected chi connectivity index (χ4v) is 1.12. The highest BCUT2D eigenvalue weighted by molar-refractivity contribution is 4.93. The summed E-state index contributed by atoms with van der Waals surface area (Å²) in [6, 6.07) is 1.69. The van der Waals surface area contributed by atoms with E-state index in [4.69, 9.17) is 11.0 Å². The van der Waals surface area contributed by atoms with Crippen LogP contribution in [0.15, 0.2) is 12.7 Å². The van der Waals surface area contributed by atoms with Gasteiger partial charge in [-0.1, -0.05) is 6.58 Å². The van der Waals surface area contributed by atoms with Crippen molar-refractivity contribution in [1.29, 1.82) is 5.26 Å². The van der Waals surface area contributed by atoms with Gasteiger partial charge in [0.2, 0.25) is 0 Å². The molecule has 1 heterocycles. The van der Waals surface area contributed by atoms with Crippen LogP contribution in [0.5, 0.6) is 0 Å². The van der Waals surface area contributed by atoms with Crippen LogP contribution in [0, 0.1) is 11.3 Å². The van der Waals surface area contributed by atoms with Crippen molar-refractivity contribution in [2.75, 3.05) is 39.3 Å². The molecular formula is C9H18N4. The van der Waals surface area contributed by atoms with E-state index in [1.807, 2.05) is 0 Å². The molecule has 0 aromatic rings. The minimum Gasteiger partial charge on any atom is -0.329 e. The Morgan fingerprint density at radius 2 is 2.08 bits per heavy atom. The van der Waals surface area contributed by atoms with Crippen LogP contribution in [0.25, 0.3) is 0 Å². The second-order valence-electron chi connectivity index (χ2n) is 2.71. The molecule has 0 atom stereocenters. The molecule has 0 aromatic heterocycles. The Morgan fingerprint density at radius 1 is 1.54 bits per heavy atom. The van der Waals surface area contributed by atoms with Crippen molar-refractivity contribution in [3.63, 3.8) is 0 Å². The summed E-state index contributed by atoms with van der Waals surface area (Å²) >= 11 is 0. The van der Waals surface area contributed by atoms with Crippen LogP contribution >= 0.6 is 0 Å². The molecular weight excluding hydrogens is 164 g/mol. The first-order valence-electron chi connectivity index (χ1n) is 4.48. The van der Waals surface area contributed by atoms with Gasteiger partial charge in [0.15, 0.2) is 0 Å². The summed E-state index contributed by atoms with van der Waals surface area (Å²) in [7, 11) is 0. The quantitative estimate of drug-likeness (QED) is 0.568. The first-order valence-corrected chi connectivity index (χ1v) is 4.48. The molecule has 0 bridgehead atoms. The SMILES string of the molecule is C=CC#N.NCCN1CCNCC1. The Morgan fingerprint density at radius 3 is 2.46 bits per heavy atom. The topological polar surface area (TPSA) is 65.1 Å². The molecule has 0 amide bonds. The highest BCUT2D eigenvalue weighted by Gasteiger charge is 2.06. The lowest BCUT2D eigenvalue weighted by Crippen LogP contribution is -2.45. The van der Waals surface area contributed by atoms with E-state index < -0.39 is 0 Å². The van der Waals surface area contributed by atoms with Crippen molar-refractivity contribution in [1.82, 2.24) is 10.2 Å². The van der Waals surface area contributed by atoms with Crippen molar-refractivity contribution in [3.05, 3.63) is 12.7 Å². The molecule has 0 aromatic carbocycles. The molecule has 4 heteroatoms. The number of nitrogens with zero attached hydrogens (tertiary/aromatic N) is 2. The van der Waals surface area contributed by atoms with Gasteiger partial charge in [0, 0.05) is 45.3 Å². The first-order chi connectivity index (χ1) is 6.35. The Hall–Kier alpha value is -0.890. The van der Waals surface area contributed by atoms with Crippen LogP contribution in [-0.4, -0.2) is 44.2 Å². The van der Waals surface area contributed by atoms with Crippen LogP contribution < -0.4 is 11.1 Å². The van der Waals surface area contributed by atoms with Crippen LogP contribution in [0.1, 0.15) is 0 Å². The maximum absolute atomic E-state index is 7.51. The average Bonchev–Trinajstić information content (AvgIpc) is 2.20. The Balaban J connectivity index is 0.000000310. The number of nitrogens with two attached hydrogens (primary N) is 1. The molecule has 0 spiro atoms. The van der Waals surface area contributed by atoms with Crippen molar-refractivity contribution in [3.8, 4) is 6.07 Å². The summed E-state index contributed by atoms with van der Waals surface area (Å²) < 4.78 is 0. The van der Waals surface area contributed by atoms with Crippen molar-refractivity contribution in [2.24, 2.45) is 5.73 Å². The largest absolute Gasteiger partial charge is 0.329 e. The lowest BCUT2D eigenvalue weighted by Gasteiger charge is -2.26. The molecule has 0 aliphatic carbocycles. The van der Waals surface area contributed by atoms with Crippen LogP contribution in [0.4, 0.5) is 0 Å². The normalized spacial score (nSPS) is 16.6. The van der Waals surface area contributed by atoms with Gasteiger partial charge in [0.05, 0.1) is 6.07 Å². The summed E-state index contributed by atoms with van der Waals surface area (Å²) in [5.74, 6) is 0. The predicted octanol–water partition coefficient (Wildman–Crippen LogP) is -0.454. The second kappa shape index (κ2) is 9.20. The zero-order chi connectivity index (χ0) is 9.94. The zero-order valence-electron chi connectivity index (χ0n) is 8.00. The fraction of sp³-hybridized carbons (Fsp3) is 0.667. The lowest BCUT2D eigenvalue weighted by atomic mass is 10.3. The number of nitrogens with one attached hydrogen (secondary N) is 1. The highest BCUT2D eigenvalue weighted by atomic mass is 15.2. The van der Waals surface area contributed by atoms with Gasteiger partial charge in [-0.15, -0.1) is 0 Å². The molecule has 0 saturated carbocycles. The number of nitriles is 1. The third-order valence-corrected chi connectivity index (χ3v) is 1.75. The Labute approximate surface area is 80.0 Å². The van der Waals surface area contributed by atoms with E-state index in [0.717, 1.165) is 39.3 Å². The van der Waals surface area contributed by atoms with Gasteiger partial charge in [-0.2, -0.15) is 5.26 Å². The van der Waals surface area contributed by atoms with Crippen molar-refractivity contribution < 1.29 is 0 Å². The lowest BCUT2D eigenvalue weighted by molar-refractivity contribution is 0.247. The standard InChI is InChI=1S/C6H15N3.C3H3N/c7-1-4-9-5-2-8-3-6-9;1-2-3-4/h8H,1-7H2;2H,1H2. The van der Waals surface area contributed by atoms with Crippen molar-refractivity contribution >= 4 is 0 Å². The van der Waals surface area contributed by atoms with Crippen LogP contribution in [0.2, 0.25) is 0 Å². The Kier molecular flexibility index (Phi) is 8.57. The summed E-state index contributed by atoms with van der Waals surface area (Å²) in [6.07, 6.45) is 1.18. The van der Waals surface area contributed by atoms with Crippen LogP contribution in [0.3, 0.4) is 0 Å².